The van der Waals surface area contributed by atoms with Crippen LogP contribution in [0.2, 0.25) is 0 Å². The number of rotatable bonds is 7. The molecule has 4 rings (SSSR count). The molecule has 0 saturated carbocycles. The van der Waals surface area contributed by atoms with Gasteiger partial charge in [0, 0.05) is 23.7 Å². The number of nitro groups is 1. The molecular formula is C24H20N2O7S. The zero-order chi connectivity index (χ0) is 24.5. The molecule has 0 radical (unpaired) electrons. The summed E-state index contributed by atoms with van der Waals surface area (Å²) in [6, 6.07) is 17.4. The summed E-state index contributed by atoms with van der Waals surface area (Å²) in [5.41, 5.74) is 1.51. The van der Waals surface area contributed by atoms with Crippen LogP contribution in [0.15, 0.2) is 77.7 Å². The van der Waals surface area contributed by atoms with Crippen molar-refractivity contribution in [1.82, 2.24) is 0 Å². The van der Waals surface area contributed by atoms with Gasteiger partial charge in [-0.25, -0.2) is 13.2 Å². The number of anilines is 1. The average Bonchev–Trinajstić information content (AvgIpc) is 3.18. The number of carbonyl (C=O) groups excluding carboxylic acids is 2. The van der Waals surface area contributed by atoms with Crippen molar-refractivity contribution in [1.29, 1.82) is 0 Å². The van der Waals surface area contributed by atoms with E-state index in [1.54, 1.807) is 12.1 Å². The minimum atomic E-state index is -3.94. The van der Waals surface area contributed by atoms with Gasteiger partial charge in [0.15, 0.2) is 12.4 Å². The van der Waals surface area contributed by atoms with Crippen LogP contribution in [0.1, 0.15) is 33.2 Å². The summed E-state index contributed by atoms with van der Waals surface area (Å²) in [7, 11) is -3.94. The van der Waals surface area contributed by atoms with Crippen LogP contribution in [-0.4, -0.2) is 37.7 Å². The van der Waals surface area contributed by atoms with Gasteiger partial charge < -0.3 is 4.74 Å². The predicted molar refractivity (Wildman–Crippen MR) is 123 cm³/mol. The van der Waals surface area contributed by atoms with Crippen LogP contribution in [-0.2, 0) is 21.2 Å². The Kier molecular flexibility index (Phi) is 6.16. The summed E-state index contributed by atoms with van der Waals surface area (Å²) >= 11 is 0. The number of non-ortho nitro benzene ring substituents is 1. The van der Waals surface area contributed by atoms with Crippen molar-refractivity contribution < 1.29 is 27.7 Å². The molecule has 9 nitrogen and oxygen atoms in total. The van der Waals surface area contributed by atoms with Gasteiger partial charge in [0.25, 0.3) is 15.7 Å². The zero-order valence-corrected chi connectivity index (χ0v) is 18.9. The molecule has 1 unspecified atom stereocenters. The Morgan fingerprint density at radius 1 is 1.03 bits per heavy atom. The number of nitrogens with zero attached hydrogens (tertiary/aromatic N) is 2. The van der Waals surface area contributed by atoms with Crippen molar-refractivity contribution in [3.63, 3.8) is 0 Å². The first-order valence-electron chi connectivity index (χ1n) is 10.4. The lowest BCUT2D eigenvalue weighted by Crippen LogP contribution is -2.35. The lowest BCUT2D eigenvalue weighted by molar-refractivity contribution is -0.384. The van der Waals surface area contributed by atoms with Crippen LogP contribution in [0.25, 0.3) is 0 Å². The standard InChI is InChI=1S/C24H20N2O7S/c1-16-13-18-5-2-3-8-22(18)25(16)34(31,32)21-7-4-6-19(14-21)24(28)33-15-23(27)17-9-11-20(12-10-17)26(29)30/h2-12,14,16H,13,15H2,1H3. The summed E-state index contributed by atoms with van der Waals surface area (Å²) in [6.07, 6.45) is 0.585. The maximum Gasteiger partial charge on any atom is 0.338 e. The van der Waals surface area contributed by atoms with Crippen molar-refractivity contribution in [2.75, 3.05) is 10.9 Å². The Hall–Kier alpha value is -4.05. The average molecular weight is 480 g/mol. The first kappa shape index (κ1) is 23.1. The molecule has 3 aromatic rings. The summed E-state index contributed by atoms with van der Waals surface area (Å²) in [5.74, 6) is -1.41. The first-order chi connectivity index (χ1) is 16.2. The van der Waals surface area contributed by atoms with Crippen LogP contribution in [0, 0.1) is 10.1 Å². The molecule has 0 aromatic heterocycles. The summed E-state index contributed by atoms with van der Waals surface area (Å²) in [5, 5.41) is 10.7. The number of ketones is 1. The molecule has 10 heteroatoms. The number of nitro benzene ring substituents is 1. The molecule has 0 saturated heterocycles. The highest BCUT2D eigenvalue weighted by molar-refractivity contribution is 7.92. The number of hydrogen-bond donors (Lipinski definition) is 0. The van der Waals surface area contributed by atoms with E-state index in [1.165, 1.54) is 52.8 Å². The molecular weight excluding hydrogens is 460 g/mol. The monoisotopic (exact) mass is 480 g/mol. The molecule has 1 heterocycles. The number of hydrogen-bond acceptors (Lipinski definition) is 7. The Morgan fingerprint density at radius 2 is 1.74 bits per heavy atom. The third-order valence-electron chi connectivity index (χ3n) is 5.51. The van der Waals surface area contributed by atoms with E-state index in [9.17, 15) is 28.1 Å². The Balaban J connectivity index is 1.49. The molecule has 0 amide bonds. The number of para-hydroxylation sites is 1. The Bertz CT molecular complexity index is 1380. The quantitative estimate of drug-likeness (QED) is 0.218. The van der Waals surface area contributed by atoms with Gasteiger partial charge in [0.05, 0.1) is 21.1 Å². The second-order valence-electron chi connectivity index (χ2n) is 7.81. The van der Waals surface area contributed by atoms with Crippen molar-refractivity contribution in [3.05, 3.63) is 99.6 Å². The van der Waals surface area contributed by atoms with Gasteiger partial charge in [0.2, 0.25) is 0 Å². The number of ether oxygens (including phenoxy) is 1. The van der Waals surface area contributed by atoms with Gasteiger partial charge in [0.1, 0.15) is 0 Å². The van der Waals surface area contributed by atoms with Crippen LogP contribution in [0.5, 0.6) is 0 Å². The van der Waals surface area contributed by atoms with Gasteiger partial charge in [-0.1, -0.05) is 24.3 Å². The van der Waals surface area contributed by atoms with E-state index in [1.807, 2.05) is 19.1 Å². The fourth-order valence-corrected chi connectivity index (χ4v) is 5.61. The molecule has 1 atom stereocenters. The van der Waals surface area contributed by atoms with Crippen LogP contribution in [0.3, 0.4) is 0 Å². The van der Waals surface area contributed by atoms with Crippen LogP contribution >= 0.6 is 0 Å². The minimum Gasteiger partial charge on any atom is -0.454 e. The largest absolute Gasteiger partial charge is 0.454 e. The van der Waals surface area contributed by atoms with Crippen molar-refractivity contribution in [2.24, 2.45) is 0 Å². The molecule has 0 bridgehead atoms. The molecule has 1 aliphatic rings. The summed E-state index contributed by atoms with van der Waals surface area (Å²) in [4.78, 5) is 34.9. The number of esters is 1. The smallest absolute Gasteiger partial charge is 0.338 e. The Labute approximate surface area is 195 Å². The molecule has 0 N–H and O–H groups in total. The molecule has 0 fully saturated rings. The highest BCUT2D eigenvalue weighted by Crippen LogP contribution is 2.36. The maximum absolute atomic E-state index is 13.4. The summed E-state index contributed by atoms with van der Waals surface area (Å²) in [6.45, 7) is 1.23. The van der Waals surface area contributed by atoms with Gasteiger partial charge >= 0.3 is 5.97 Å². The number of fused-ring (bicyclic) bond motifs is 1. The van der Waals surface area contributed by atoms with Crippen molar-refractivity contribution >= 4 is 33.2 Å². The normalized spacial score (nSPS) is 15.0. The fourth-order valence-electron chi connectivity index (χ4n) is 3.87. The minimum absolute atomic E-state index is 0.0160. The van der Waals surface area contributed by atoms with Gasteiger partial charge in [-0.3, -0.25) is 19.2 Å². The maximum atomic E-state index is 13.4. The van der Waals surface area contributed by atoms with Crippen LogP contribution < -0.4 is 4.31 Å². The molecule has 0 aliphatic carbocycles. The second kappa shape index (κ2) is 9.06. The molecule has 34 heavy (non-hydrogen) atoms. The van der Waals surface area contributed by atoms with E-state index in [4.69, 9.17) is 4.74 Å². The Morgan fingerprint density at radius 3 is 2.44 bits per heavy atom. The SMILES string of the molecule is CC1Cc2ccccc2N1S(=O)(=O)c1cccc(C(=O)OCC(=O)c2ccc([N+](=O)[O-])cc2)c1. The highest BCUT2D eigenvalue weighted by Gasteiger charge is 2.36. The van der Waals surface area contributed by atoms with E-state index < -0.39 is 33.3 Å². The zero-order valence-electron chi connectivity index (χ0n) is 18.1. The second-order valence-corrected chi connectivity index (χ2v) is 9.63. The van der Waals surface area contributed by atoms with E-state index in [0.717, 1.165) is 5.56 Å². The molecule has 174 valence electrons. The third kappa shape index (κ3) is 4.40. The van der Waals surface area contributed by atoms with Gasteiger partial charge in [-0.2, -0.15) is 0 Å². The molecule has 3 aromatic carbocycles. The van der Waals surface area contributed by atoms with Gasteiger partial charge in [-0.05, 0) is 55.3 Å². The number of benzene rings is 3. The van der Waals surface area contributed by atoms with E-state index >= 15 is 0 Å². The first-order valence-corrected chi connectivity index (χ1v) is 11.8. The lowest BCUT2D eigenvalue weighted by atomic mass is 10.1. The fraction of sp³-hybridized carbons (Fsp3) is 0.167. The summed E-state index contributed by atoms with van der Waals surface area (Å²) < 4.78 is 33.2. The van der Waals surface area contributed by atoms with E-state index in [0.29, 0.717) is 12.1 Å². The lowest BCUT2D eigenvalue weighted by Gasteiger charge is -2.24. The molecule has 0 spiro atoms. The van der Waals surface area contributed by atoms with Crippen molar-refractivity contribution in [2.45, 2.75) is 24.3 Å². The number of carbonyl (C=O) groups is 2. The molecule has 1 aliphatic heterocycles. The predicted octanol–water partition coefficient (Wildman–Crippen LogP) is 3.77. The van der Waals surface area contributed by atoms with Crippen LogP contribution in [0.4, 0.5) is 11.4 Å². The van der Waals surface area contributed by atoms with Gasteiger partial charge in [-0.15, -0.1) is 0 Å². The van der Waals surface area contributed by atoms with Crippen molar-refractivity contribution in [3.8, 4) is 0 Å². The third-order valence-corrected chi connectivity index (χ3v) is 7.43. The van der Waals surface area contributed by atoms with E-state index in [-0.39, 0.29) is 27.8 Å². The topological polar surface area (TPSA) is 124 Å². The highest BCUT2D eigenvalue weighted by atomic mass is 32.2. The van der Waals surface area contributed by atoms with E-state index in [2.05, 4.69) is 0 Å². The number of sulfonamides is 1. The number of Topliss-reactive ketones (excluding diaryl/α,β-unsaturated/α-hetero) is 1.